The van der Waals surface area contributed by atoms with E-state index >= 15 is 0 Å². The lowest BCUT2D eigenvalue weighted by Gasteiger charge is -2.14. The van der Waals surface area contributed by atoms with Gasteiger partial charge in [0.05, 0.1) is 16.7 Å². The average Bonchev–Trinajstić information content (AvgIpc) is 3.54. The number of carbonyl (C=O) groups excluding carboxylic acids is 1. The van der Waals surface area contributed by atoms with Gasteiger partial charge in [-0.1, -0.05) is 23.7 Å². The first-order chi connectivity index (χ1) is 17.5. The number of halogens is 2. The van der Waals surface area contributed by atoms with Crippen LogP contribution in [0.5, 0.6) is 5.75 Å². The van der Waals surface area contributed by atoms with E-state index in [1.54, 1.807) is 42.6 Å². The van der Waals surface area contributed by atoms with E-state index in [-0.39, 0.29) is 18.3 Å². The molecule has 186 valence electrons. The molecule has 0 atom stereocenters. The Kier molecular flexibility index (Phi) is 7.29. The molecule has 1 aliphatic rings. The number of benzene rings is 2. The maximum atomic E-state index is 13.4. The molecule has 8 nitrogen and oxygen atoms in total. The van der Waals surface area contributed by atoms with Gasteiger partial charge in [-0.2, -0.15) is 5.10 Å². The first-order valence-electron chi connectivity index (χ1n) is 11.8. The molecule has 2 aromatic heterocycles. The second-order valence-electron chi connectivity index (χ2n) is 8.70. The fourth-order valence-corrected chi connectivity index (χ4v) is 4.47. The highest BCUT2D eigenvalue weighted by atomic mass is 35.5. The van der Waals surface area contributed by atoms with Crippen molar-refractivity contribution in [3.63, 3.8) is 0 Å². The van der Waals surface area contributed by atoms with Gasteiger partial charge in [-0.25, -0.2) is 4.39 Å². The Bertz CT molecular complexity index is 1370. The normalized spacial score (nSPS) is 13.7. The van der Waals surface area contributed by atoms with Gasteiger partial charge in [-0.15, -0.1) is 5.10 Å². The lowest BCUT2D eigenvalue weighted by atomic mass is 10.2. The highest BCUT2D eigenvalue weighted by Gasteiger charge is 2.15. The summed E-state index contributed by atoms with van der Waals surface area (Å²) < 4.78 is 19.1. The van der Waals surface area contributed by atoms with Crippen molar-refractivity contribution in [3.8, 4) is 5.75 Å². The molecule has 4 aromatic rings. The highest BCUT2D eigenvalue weighted by molar-refractivity contribution is 6.32. The number of likely N-dealkylation sites (tertiary alicyclic amines) is 1. The molecule has 10 heteroatoms. The molecule has 5 rings (SSSR count). The summed E-state index contributed by atoms with van der Waals surface area (Å²) in [5.41, 5.74) is 2.53. The fourth-order valence-electron chi connectivity index (χ4n) is 4.23. The van der Waals surface area contributed by atoms with E-state index in [1.165, 1.54) is 25.0 Å². The lowest BCUT2D eigenvalue weighted by Crippen LogP contribution is -2.33. The Morgan fingerprint density at radius 1 is 1.17 bits per heavy atom. The standard InChI is InChI=1S/C26H26ClFN6O2/c27-21-13-19(6-7-24(21)36-16-17-4-3-5-18(28)12-17)31-25-20-14-22(32-23(20)15-30-33-25)26(35)29-8-11-34-9-1-2-10-34/h3-7,12-15,32H,1-2,8-11,16H2,(H,29,35)(H,31,33). The molecule has 0 radical (unpaired) electrons. The predicted molar refractivity (Wildman–Crippen MR) is 137 cm³/mol. The molecule has 0 aliphatic carbocycles. The van der Waals surface area contributed by atoms with Crippen molar-refractivity contribution >= 4 is 39.9 Å². The van der Waals surface area contributed by atoms with Crippen LogP contribution in [0.2, 0.25) is 5.02 Å². The van der Waals surface area contributed by atoms with Crippen LogP contribution < -0.4 is 15.4 Å². The minimum Gasteiger partial charge on any atom is -0.487 e. The van der Waals surface area contributed by atoms with Crippen LogP contribution in [-0.4, -0.2) is 52.2 Å². The van der Waals surface area contributed by atoms with Crippen molar-refractivity contribution in [2.75, 3.05) is 31.5 Å². The highest BCUT2D eigenvalue weighted by Crippen LogP contribution is 2.31. The van der Waals surface area contributed by atoms with Crippen LogP contribution in [0.3, 0.4) is 0 Å². The molecule has 0 bridgehead atoms. The van der Waals surface area contributed by atoms with Crippen LogP contribution in [0.25, 0.3) is 10.9 Å². The third kappa shape index (κ3) is 5.75. The number of nitrogens with one attached hydrogen (secondary N) is 3. The quantitative estimate of drug-likeness (QED) is 0.298. The van der Waals surface area contributed by atoms with Crippen molar-refractivity contribution in [2.24, 2.45) is 0 Å². The summed E-state index contributed by atoms with van der Waals surface area (Å²) in [5.74, 6) is 0.485. The number of hydrogen-bond acceptors (Lipinski definition) is 6. The smallest absolute Gasteiger partial charge is 0.267 e. The maximum Gasteiger partial charge on any atom is 0.267 e. The number of rotatable bonds is 9. The Hall–Kier alpha value is -3.69. The largest absolute Gasteiger partial charge is 0.487 e. The zero-order valence-electron chi connectivity index (χ0n) is 19.6. The van der Waals surface area contributed by atoms with Gasteiger partial charge in [0, 0.05) is 24.2 Å². The van der Waals surface area contributed by atoms with Crippen molar-refractivity contribution < 1.29 is 13.9 Å². The first kappa shape index (κ1) is 24.0. The van der Waals surface area contributed by atoms with Crippen molar-refractivity contribution in [3.05, 3.63) is 76.8 Å². The summed E-state index contributed by atoms with van der Waals surface area (Å²) >= 11 is 6.41. The molecule has 1 fully saturated rings. The summed E-state index contributed by atoms with van der Waals surface area (Å²) in [4.78, 5) is 18.1. The summed E-state index contributed by atoms with van der Waals surface area (Å²) in [6.45, 7) is 3.84. The minimum absolute atomic E-state index is 0.167. The number of hydrogen-bond donors (Lipinski definition) is 3. The first-order valence-corrected chi connectivity index (χ1v) is 12.2. The summed E-state index contributed by atoms with van der Waals surface area (Å²) in [5, 5.41) is 15.5. The van der Waals surface area contributed by atoms with Crippen LogP contribution in [0.4, 0.5) is 15.9 Å². The number of aromatic nitrogens is 3. The van der Waals surface area contributed by atoms with Gasteiger partial charge in [0.2, 0.25) is 0 Å². The maximum absolute atomic E-state index is 13.4. The number of carbonyl (C=O) groups is 1. The van der Waals surface area contributed by atoms with Gasteiger partial charge in [0.1, 0.15) is 23.9 Å². The van der Waals surface area contributed by atoms with Crippen molar-refractivity contribution in [1.82, 2.24) is 25.4 Å². The molecule has 3 N–H and O–H groups in total. The molecule has 1 amide bonds. The molecule has 1 saturated heterocycles. The summed E-state index contributed by atoms with van der Waals surface area (Å²) in [6, 6.07) is 13.2. The third-order valence-electron chi connectivity index (χ3n) is 6.08. The van der Waals surface area contributed by atoms with Crippen molar-refractivity contribution in [1.29, 1.82) is 0 Å². The van der Waals surface area contributed by atoms with E-state index in [9.17, 15) is 9.18 Å². The lowest BCUT2D eigenvalue weighted by molar-refractivity contribution is 0.0945. The van der Waals surface area contributed by atoms with Gasteiger partial charge >= 0.3 is 0 Å². The number of H-pyrrole nitrogens is 1. The Balaban J connectivity index is 1.24. The number of fused-ring (bicyclic) bond motifs is 1. The molecule has 1 aliphatic heterocycles. The van der Waals surface area contributed by atoms with E-state index in [2.05, 4.69) is 30.7 Å². The molecule has 2 aromatic carbocycles. The molecular formula is C26H26ClFN6O2. The van der Waals surface area contributed by atoms with E-state index in [0.717, 1.165) is 25.0 Å². The zero-order valence-corrected chi connectivity index (χ0v) is 20.3. The van der Waals surface area contributed by atoms with E-state index in [4.69, 9.17) is 16.3 Å². The van der Waals surface area contributed by atoms with Gasteiger partial charge in [-0.05, 0) is 67.9 Å². The minimum atomic E-state index is -0.315. The van der Waals surface area contributed by atoms with E-state index in [1.807, 2.05) is 0 Å². The van der Waals surface area contributed by atoms with Crippen LogP contribution in [-0.2, 0) is 6.61 Å². The topological polar surface area (TPSA) is 95.2 Å². The van der Waals surface area contributed by atoms with Gasteiger partial charge in [0.25, 0.3) is 5.91 Å². The zero-order chi connectivity index (χ0) is 24.9. The van der Waals surface area contributed by atoms with Gasteiger partial charge in [-0.3, -0.25) is 4.79 Å². The number of amides is 1. The SMILES string of the molecule is O=C(NCCN1CCCC1)c1cc2c(Nc3ccc(OCc4cccc(F)c4)c(Cl)c3)nncc2[nH]1. The monoisotopic (exact) mass is 508 g/mol. The van der Waals surface area contributed by atoms with Gasteiger partial charge < -0.3 is 25.3 Å². The summed E-state index contributed by atoms with van der Waals surface area (Å²) in [7, 11) is 0. The number of aromatic amines is 1. The van der Waals surface area contributed by atoms with E-state index < -0.39 is 0 Å². The molecular weight excluding hydrogens is 483 g/mol. The predicted octanol–water partition coefficient (Wildman–Crippen LogP) is 4.90. The Morgan fingerprint density at radius 3 is 2.83 bits per heavy atom. The molecule has 0 spiro atoms. The summed E-state index contributed by atoms with van der Waals surface area (Å²) in [6.07, 6.45) is 4.03. The van der Waals surface area contributed by atoms with Crippen LogP contribution in [0.1, 0.15) is 28.9 Å². The number of anilines is 2. The van der Waals surface area contributed by atoms with Crippen LogP contribution >= 0.6 is 11.6 Å². The molecule has 0 unspecified atom stereocenters. The fraction of sp³-hybridized carbons (Fsp3) is 0.269. The van der Waals surface area contributed by atoms with Crippen LogP contribution in [0.15, 0.2) is 54.7 Å². The van der Waals surface area contributed by atoms with Crippen molar-refractivity contribution in [2.45, 2.75) is 19.4 Å². The Morgan fingerprint density at radius 2 is 2.03 bits per heavy atom. The van der Waals surface area contributed by atoms with E-state index in [0.29, 0.717) is 45.6 Å². The molecule has 3 heterocycles. The Labute approximate surface area is 212 Å². The molecule has 0 saturated carbocycles. The second kappa shape index (κ2) is 10.9. The number of nitrogens with zero attached hydrogens (tertiary/aromatic N) is 3. The second-order valence-corrected chi connectivity index (χ2v) is 9.10. The third-order valence-corrected chi connectivity index (χ3v) is 6.38. The number of ether oxygens (including phenoxy) is 1. The molecule has 36 heavy (non-hydrogen) atoms. The average molecular weight is 509 g/mol. The van der Waals surface area contributed by atoms with Crippen LogP contribution in [0, 0.1) is 5.82 Å². The van der Waals surface area contributed by atoms with Gasteiger partial charge in [0.15, 0.2) is 5.82 Å².